The minimum Gasteiger partial charge on any atom is -0.439 e. The lowest BCUT2D eigenvalue weighted by atomic mass is 9.90. The summed E-state index contributed by atoms with van der Waals surface area (Å²) in [6.07, 6.45) is -1.27. The largest absolute Gasteiger partial charge is 0.439 e. The van der Waals surface area contributed by atoms with Crippen LogP contribution in [0.25, 0.3) is 0 Å². The van der Waals surface area contributed by atoms with Crippen LogP contribution in [-0.4, -0.2) is 44.0 Å². The first-order chi connectivity index (χ1) is 16.8. The Morgan fingerprint density at radius 2 is 1.46 bits per heavy atom. The molecule has 4 atom stereocenters. The molecule has 0 saturated carbocycles. The number of benzene rings is 3. The smallest absolute Gasteiger partial charge is 0.411 e. The predicted molar refractivity (Wildman–Crippen MR) is 127 cm³/mol. The van der Waals surface area contributed by atoms with Crippen molar-refractivity contribution in [3.05, 3.63) is 102 Å². The number of ether oxygens (including phenoxy) is 1. The Hall–Kier alpha value is -3.69. The number of nitrogens with zero attached hydrogens (tertiary/aromatic N) is 1. The van der Waals surface area contributed by atoms with Gasteiger partial charge in [0.1, 0.15) is 12.1 Å². The second kappa shape index (κ2) is 9.16. The third-order valence-corrected chi connectivity index (χ3v) is 7.58. The first-order valence-electron chi connectivity index (χ1n) is 11.2. The van der Waals surface area contributed by atoms with E-state index in [2.05, 4.69) is 5.32 Å². The highest BCUT2D eigenvalue weighted by Crippen LogP contribution is 2.45. The number of amides is 2. The number of β-lactam (4-membered cyclic amide) rings is 1. The highest BCUT2D eigenvalue weighted by molar-refractivity contribution is 7.86. The van der Waals surface area contributed by atoms with Gasteiger partial charge in [0.2, 0.25) is 5.91 Å². The monoisotopic (exact) mass is 492 g/mol. The van der Waals surface area contributed by atoms with E-state index in [4.69, 9.17) is 8.92 Å². The molecule has 0 aromatic heterocycles. The summed E-state index contributed by atoms with van der Waals surface area (Å²) in [7, 11) is -4.03. The van der Waals surface area contributed by atoms with E-state index >= 15 is 0 Å². The predicted octanol–water partition coefficient (Wildman–Crippen LogP) is 3.50. The fraction of sp³-hybridized carbons (Fsp3) is 0.231. The van der Waals surface area contributed by atoms with Crippen LogP contribution in [0, 0.1) is 6.92 Å². The van der Waals surface area contributed by atoms with E-state index in [1.165, 1.54) is 17.0 Å². The number of carbonyl (C=O) groups is 2. The van der Waals surface area contributed by atoms with E-state index in [0.29, 0.717) is 0 Å². The number of aryl methyl sites for hydroxylation is 1. The molecule has 2 saturated heterocycles. The molecule has 0 bridgehead atoms. The SMILES string of the molecule is Cc1ccc(S(=O)(=O)OCC2NC(=O)C2N2C(=O)OC(c3ccccc3)C2c2ccccc2)cc1. The molecule has 180 valence electrons. The van der Waals surface area contributed by atoms with Crippen LogP contribution in [0.1, 0.15) is 28.8 Å². The standard InChI is InChI=1S/C26H24N2O6S/c1-17-12-14-20(15-13-17)35(31,32)33-16-21-23(25(29)27-21)28-22(18-8-4-2-5-9-18)24(34-26(28)30)19-10-6-3-7-11-19/h2-15,21-24H,16H2,1H3,(H,27,29). The van der Waals surface area contributed by atoms with Crippen LogP contribution in [0.4, 0.5) is 4.79 Å². The van der Waals surface area contributed by atoms with Gasteiger partial charge in [0.25, 0.3) is 10.1 Å². The van der Waals surface area contributed by atoms with Gasteiger partial charge in [-0.2, -0.15) is 8.42 Å². The summed E-state index contributed by atoms with van der Waals surface area (Å²) in [5.74, 6) is -0.391. The molecule has 5 rings (SSSR count). The normalized spacial score (nSPS) is 24.0. The van der Waals surface area contributed by atoms with E-state index in [9.17, 15) is 18.0 Å². The Labute approximate surface area is 203 Å². The molecule has 2 amide bonds. The van der Waals surface area contributed by atoms with E-state index in [1.807, 2.05) is 67.6 Å². The first-order valence-corrected chi connectivity index (χ1v) is 12.6. The van der Waals surface area contributed by atoms with Crippen molar-refractivity contribution in [1.29, 1.82) is 0 Å². The van der Waals surface area contributed by atoms with E-state index < -0.39 is 46.3 Å². The van der Waals surface area contributed by atoms with Crippen LogP contribution in [0.3, 0.4) is 0 Å². The Kier molecular flexibility index (Phi) is 6.04. The number of hydrogen-bond acceptors (Lipinski definition) is 6. The lowest BCUT2D eigenvalue weighted by Crippen LogP contribution is -2.71. The molecule has 3 aromatic rings. The molecule has 3 aromatic carbocycles. The molecule has 2 aliphatic rings. The zero-order valence-electron chi connectivity index (χ0n) is 18.9. The molecule has 0 spiro atoms. The van der Waals surface area contributed by atoms with Crippen molar-refractivity contribution in [2.75, 3.05) is 6.61 Å². The van der Waals surface area contributed by atoms with Gasteiger partial charge >= 0.3 is 6.09 Å². The van der Waals surface area contributed by atoms with E-state index in [-0.39, 0.29) is 11.5 Å². The van der Waals surface area contributed by atoms with Gasteiger partial charge in [0, 0.05) is 0 Å². The summed E-state index contributed by atoms with van der Waals surface area (Å²) < 4.78 is 36.3. The van der Waals surface area contributed by atoms with Gasteiger partial charge < -0.3 is 10.1 Å². The second-order valence-electron chi connectivity index (χ2n) is 8.59. The molecule has 0 radical (unpaired) electrons. The third-order valence-electron chi connectivity index (χ3n) is 6.28. The topological polar surface area (TPSA) is 102 Å². The highest BCUT2D eigenvalue weighted by Gasteiger charge is 2.55. The lowest BCUT2D eigenvalue weighted by Gasteiger charge is -2.43. The summed E-state index contributed by atoms with van der Waals surface area (Å²) in [6, 6.07) is 22.7. The number of hydrogen-bond donors (Lipinski definition) is 1. The minimum atomic E-state index is -4.03. The van der Waals surface area contributed by atoms with Gasteiger partial charge in [0.15, 0.2) is 6.10 Å². The van der Waals surface area contributed by atoms with Gasteiger partial charge in [-0.1, -0.05) is 78.4 Å². The van der Waals surface area contributed by atoms with Crippen molar-refractivity contribution in [3.8, 4) is 0 Å². The average Bonchev–Trinajstić information content (AvgIpc) is 3.19. The zero-order chi connectivity index (χ0) is 24.6. The number of nitrogens with one attached hydrogen (secondary N) is 1. The summed E-state index contributed by atoms with van der Waals surface area (Å²) in [5.41, 5.74) is 2.52. The van der Waals surface area contributed by atoms with Gasteiger partial charge in [-0.05, 0) is 30.2 Å². The number of cyclic esters (lactones) is 1. The van der Waals surface area contributed by atoms with Crippen molar-refractivity contribution in [2.45, 2.75) is 36.0 Å². The maximum absolute atomic E-state index is 13.1. The van der Waals surface area contributed by atoms with Crippen LogP contribution in [0.2, 0.25) is 0 Å². The molecule has 4 unspecified atom stereocenters. The minimum absolute atomic E-state index is 0.0252. The molecule has 2 aliphatic heterocycles. The number of carbonyl (C=O) groups excluding carboxylic acids is 2. The van der Waals surface area contributed by atoms with Crippen LogP contribution < -0.4 is 5.32 Å². The maximum atomic E-state index is 13.1. The molecular formula is C26H24N2O6S. The van der Waals surface area contributed by atoms with Crippen molar-refractivity contribution in [3.63, 3.8) is 0 Å². The Bertz CT molecular complexity index is 1330. The lowest BCUT2D eigenvalue weighted by molar-refractivity contribution is -0.137. The Morgan fingerprint density at radius 3 is 2.06 bits per heavy atom. The second-order valence-corrected chi connectivity index (χ2v) is 10.2. The van der Waals surface area contributed by atoms with Gasteiger partial charge in [0.05, 0.1) is 17.5 Å². The van der Waals surface area contributed by atoms with Crippen LogP contribution >= 0.6 is 0 Å². The molecule has 35 heavy (non-hydrogen) atoms. The number of rotatable bonds is 7. The van der Waals surface area contributed by atoms with Crippen LogP contribution in [0.15, 0.2) is 89.8 Å². The van der Waals surface area contributed by atoms with Gasteiger partial charge in [-0.3, -0.25) is 13.9 Å². The van der Waals surface area contributed by atoms with Crippen molar-refractivity contribution in [2.24, 2.45) is 0 Å². The quantitative estimate of drug-likeness (QED) is 0.400. The van der Waals surface area contributed by atoms with E-state index in [1.54, 1.807) is 12.1 Å². The van der Waals surface area contributed by atoms with Crippen molar-refractivity contribution >= 4 is 22.1 Å². The average molecular weight is 493 g/mol. The molecule has 0 aliphatic carbocycles. The summed E-state index contributed by atoms with van der Waals surface area (Å²) in [5, 5.41) is 2.67. The van der Waals surface area contributed by atoms with E-state index in [0.717, 1.165) is 16.7 Å². The van der Waals surface area contributed by atoms with Crippen molar-refractivity contribution in [1.82, 2.24) is 10.2 Å². The molecule has 2 fully saturated rings. The fourth-order valence-electron chi connectivity index (χ4n) is 4.48. The molecular weight excluding hydrogens is 468 g/mol. The maximum Gasteiger partial charge on any atom is 0.411 e. The fourth-order valence-corrected chi connectivity index (χ4v) is 5.41. The highest BCUT2D eigenvalue weighted by atomic mass is 32.2. The summed E-state index contributed by atoms with van der Waals surface area (Å²) in [4.78, 5) is 27.2. The molecule has 2 heterocycles. The zero-order valence-corrected chi connectivity index (χ0v) is 19.7. The molecule has 9 heteroatoms. The molecule has 1 N–H and O–H groups in total. The Morgan fingerprint density at radius 1 is 0.857 bits per heavy atom. The summed E-state index contributed by atoms with van der Waals surface area (Å²) >= 11 is 0. The van der Waals surface area contributed by atoms with Gasteiger partial charge in [-0.15, -0.1) is 0 Å². The van der Waals surface area contributed by atoms with Crippen LogP contribution in [0.5, 0.6) is 0 Å². The Balaban J connectivity index is 1.41. The van der Waals surface area contributed by atoms with Gasteiger partial charge in [-0.25, -0.2) is 4.79 Å². The summed E-state index contributed by atoms with van der Waals surface area (Å²) in [6.45, 7) is 1.54. The molecule has 8 nitrogen and oxygen atoms in total. The third kappa shape index (κ3) is 4.40. The van der Waals surface area contributed by atoms with Crippen LogP contribution in [-0.2, 0) is 23.8 Å². The van der Waals surface area contributed by atoms with Crippen molar-refractivity contribution < 1.29 is 26.9 Å². The first kappa shape index (κ1) is 23.1.